The second kappa shape index (κ2) is 8.22. The molecule has 0 radical (unpaired) electrons. The number of aromatic nitrogens is 1. The molecule has 1 aromatic rings. The summed E-state index contributed by atoms with van der Waals surface area (Å²) in [6.07, 6.45) is 4.66. The molecule has 2 rings (SSSR count). The van der Waals surface area contributed by atoms with Gasteiger partial charge in [0.05, 0.1) is 0 Å². The normalized spacial score (nSPS) is 20.1. The third kappa shape index (κ3) is 4.50. The fourth-order valence-corrected chi connectivity index (χ4v) is 2.64. The largest absolute Gasteiger partial charge is 0.355 e. The Hall–Kier alpha value is -1.50. The third-order valence-corrected chi connectivity index (χ3v) is 4.72. The van der Waals surface area contributed by atoms with Crippen LogP contribution in [0, 0.1) is 5.82 Å². The van der Waals surface area contributed by atoms with E-state index in [1.54, 1.807) is 19.3 Å². The highest BCUT2D eigenvalue weighted by Crippen LogP contribution is 2.20. The molecular formula is C15H24FN5S. The first-order valence-electron chi connectivity index (χ1n) is 7.49. The fourth-order valence-electron chi connectivity index (χ4n) is 2.39. The van der Waals surface area contributed by atoms with Crippen molar-refractivity contribution in [3.8, 4) is 0 Å². The summed E-state index contributed by atoms with van der Waals surface area (Å²) in [6.45, 7) is 4.56. The van der Waals surface area contributed by atoms with Gasteiger partial charge in [-0.25, -0.2) is 9.37 Å². The zero-order chi connectivity index (χ0) is 15.9. The maximum absolute atomic E-state index is 13.8. The van der Waals surface area contributed by atoms with Crippen LogP contribution in [0.4, 0.5) is 10.2 Å². The Morgan fingerprint density at radius 3 is 3.14 bits per heavy atom. The van der Waals surface area contributed by atoms with Gasteiger partial charge in [-0.2, -0.15) is 11.8 Å². The minimum absolute atomic E-state index is 0.247. The summed E-state index contributed by atoms with van der Waals surface area (Å²) in [6, 6.07) is 3.31. The van der Waals surface area contributed by atoms with E-state index < -0.39 is 0 Å². The van der Waals surface area contributed by atoms with Crippen LogP contribution in [0.2, 0.25) is 0 Å². The first-order chi connectivity index (χ1) is 10.6. The molecule has 0 saturated carbocycles. The molecule has 122 valence electrons. The van der Waals surface area contributed by atoms with Crippen LogP contribution in [0.3, 0.4) is 0 Å². The molecule has 0 bridgehead atoms. The monoisotopic (exact) mass is 325 g/mol. The summed E-state index contributed by atoms with van der Waals surface area (Å²) in [7, 11) is 1.77. The summed E-state index contributed by atoms with van der Waals surface area (Å²) in [5, 5.41) is 7.25. The van der Waals surface area contributed by atoms with Crippen molar-refractivity contribution >= 4 is 23.5 Å². The van der Waals surface area contributed by atoms with Gasteiger partial charge >= 0.3 is 0 Å². The Morgan fingerprint density at radius 2 is 2.45 bits per heavy atom. The van der Waals surface area contributed by atoms with Crippen molar-refractivity contribution in [2.75, 3.05) is 37.8 Å². The molecule has 2 atom stereocenters. The van der Waals surface area contributed by atoms with E-state index in [1.807, 2.05) is 16.7 Å². The Labute approximate surface area is 135 Å². The molecule has 1 aliphatic heterocycles. The number of nitrogens with zero attached hydrogens (tertiary/aromatic N) is 3. The number of hydrogen-bond acceptors (Lipinski definition) is 4. The average Bonchev–Trinajstić information content (AvgIpc) is 2.99. The van der Waals surface area contributed by atoms with E-state index in [2.05, 4.69) is 33.8 Å². The van der Waals surface area contributed by atoms with E-state index >= 15 is 0 Å². The zero-order valence-electron chi connectivity index (χ0n) is 13.3. The minimum Gasteiger partial charge on any atom is -0.355 e. The van der Waals surface area contributed by atoms with Crippen molar-refractivity contribution in [2.24, 2.45) is 4.99 Å². The SMILES string of the molecule is CN=C(NCC(C)SC)NC1CCN(c2ncccc2F)C1. The van der Waals surface area contributed by atoms with Gasteiger partial charge in [-0.15, -0.1) is 0 Å². The second-order valence-electron chi connectivity index (χ2n) is 5.38. The van der Waals surface area contributed by atoms with Crippen LogP contribution >= 0.6 is 11.8 Å². The number of nitrogens with one attached hydrogen (secondary N) is 2. The molecule has 2 N–H and O–H groups in total. The van der Waals surface area contributed by atoms with Crippen LogP contribution in [-0.2, 0) is 0 Å². The van der Waals surface area contributed by atoms with Gasteiger partial charge in [-0.3, -0.25) is 4.99 Å². The molecule has 5 nitrogen and oxygen atoms in total. The van der Waals surface area contributed by atoms with Gasteiger partial charge in [0.15, 0.2) is 17.6 Å². The average molecular weight is 325 g/mol. The summed E-state index contributed by atoms with van der Waals surface area (Å²) in [4.78, 5) is 10.4. The number of halogens is 1. The van der Waals surface area contributed by atoms with Gasteiger partial charge < -0.3 is 15.5 Å². The molecule has 1 aliphatic rings. The lowest BCUT2D eigenvalue weighted by atomic mass is 10.3. The van der Waals surface area contributed by atoms with E-state index in [1.165, 1.54) is 6.07 Å². The summed E-state index contributed by atoms with van der Waals surface area (Å²) >= 11 is 1.82. The van der Waals surface area contributed by atoms with Gasteiger partial charge in [-0.1, -0.05) is 6.92 Å². The molecule has 0 aromatic carbocycles. The van der Waals surface area contributed by atoms with Crippen LogP contribution in [0.1, 0.15) is 13.3 Å². The Balaban J connectivity index is 1.86. The highest BCUT2D eigenvalue weighted by Gasteiger charge is 2.25. The van der Waals surface area contributed by atoms with E-state index in [-0.39, 0.29) is 11.9 Å². The smallest absolute Gasteiger partial charge is 0.191 e. The standard InChI is InChI=1S/C15H24FN5S/c1-11(22-3)9-19-15(17-2)20-12-6-8-21(10-12)14-13(16)5-4-7-18-14/h4-5,7,11-12H,6,8-10H2,1-3H3,(H2,17,19,20). The number of pyridine rings is 1. The highest BCUT2D eigenvalue weighted by atomic mass is 32.2. The van der Waals surface area contributed by atoms with Crippen LogP contribution in [0.5, 0.6) is 0 Å². The Bertz CT molecular complexity index is 510. The van der Waals surface area contributed by atoms with Crippen molar-refractivity contribution in [1.29, 1.82) is 0 Å². The molecule has 2 heterocycles. The van der Waals surface area contributed by atoms with E-state index in [4.69, 9.17) is 0 Å². The molecule has 2 unspecified atom stereocenters. The van der Waals surface area contributed by atoms with Crippen LogP contribution in [0.25, 0.3) is 0 Å². The molecular weight excluding hydrogens is 301 g/mol. The fraction of sp³-hybridized carbons (Fsp3) is 0.600. The number of rotatable bonds is 5. The first kappa shape index (κ1) is 16.9. The number of aliphatic imine (C=N–C) groups is 1. The minimum atomic E-state index is -0.264. The van der Waals surface area contributed by atoms with Crippen molar-refractivity contribution in [1.82, 2.24) is 15.6 Å². The van der Waals surface area contributed by atoms with E-state index in [0.717, 1.165) is 32.0 Å². The summed E-state index contributed by atoms with van der Waals surface area (Å²) in [5.74, 6) is 0.972. The second-order valence-corrected chi connectivity index (χ2v) is 6.66. The predicted molar refractivity (Wildman–Crippen MR) is 92.3 cm³/mol. The molecule has 1 saturated heterocycles. The first-order valence-corrected chi connectivity index (χ1v) is 8.78. The lowest BCUT2D eigenvalue weighted by Crippen LogP contribution is -2.46. The Kier molecular flexibility index (Phi) is 6.30. The summed E-state index contributed by atoms with van der Waals surface area (Å²) < 4.78 is 13.8. The number of anilines is 1. The van der Waals surface area contributed by atoms with Gasteiger partial charge in [0.2, 0.25) is 0 Å². The number of thioether (sulfide) groups is 1. The third-order valence-electron chi connectivity index (χ3n) is 3.75. The molecule has 22 heavy (non-hydrogen) atoms. The lowest BCUT2D eigenvalue weighted by Gasteiger charge is -2.20. The van der Waals surface area contributed by atoms with Crippen molar-refractivity contribution < 1.29 is 4.39 Å². The van der Waals surface area contributed by atoms with Crippen molar-refractivity contribution in [3.63, 3.8) is 0 Å². The van der Waals surface area contributed by atoms with Crippen LogP contribution < -0.4 is 15.5 Å². The molecule has 0 amide bonds. The zero-order valence-corrected chi connectivity index (χ0v) is 14.2. The molecule has 0 aliphatic carbocycles. The highest BCUT2D eigenvalue weighted by molar-refractivity contribution is 7.99. The van der Waals surface area contributed by atoms with Crippen molar-refractivity contribution in [2.45, 2.75) is 24.6 Å². The Morgan fingerprint density at radius 1 is 1.64 bits per heavy atom. The maximum Gasteiger partial charge on any atom is 0.191 e. The molecule has 1 fully saturated rings. The maximum atomic E-state index is 13.8. The summed E-state index contributed by atoms with van der Waals surface area (Å²) in [5.41, 5.74) is 0. The van der Waals surface area contributed by atoms with Crippen LogP contribution in [0.15, 0.2) is 23.3 Å². The predicted octanol–water partition coefficient (Wildman–Crippen LogP) is 1.72. The van der Waals surface area contributed by atoms with Gasteiger partial charge in [-0.05, 0) is 24.8 Å². The topological polar surface area (TPSA) is 52.6 Å². The van der Waals surface area contributed by atoms with Crippen LogP contribution in [-0.4, -0.2) is 55.2 Å². The van der Waals surface area contributed by atoms with E-state index in [9.17, 15) is 4.39 Å². The van der Waals surface area contributed by atoms with Crippen molar-refractivity contribution in [3.05, 3.63) is 24.1 Å². The number of hydrogen-bond donors (Lipinski definition) is 2. The quantitative estimate of drug-likeness (QED) is 0.638. The van der Waals surface area contributed by atoms with Gasteiger partial charge in [0.1, 0.15) is 0 Å². The molecule has 1 aromatic heterocycles. The lowest BCUT2D eigenvalue weighted by molar-refractivity contribution is 0.612. The van der Waals surface area contributed by atoms with E-state index in [0.29, 0.717) is 11.1 Å². The van der Waals surface area contributed by atoms with Gasteiger partial charge in [0.25, 0.3) is 0 Å². The molecule has 0 spiro atoms. The molecule has 7 heteroatoms. The number of guanidine groups is 1. The van der Waals surface area contributed by atoms with Gasteiger partial charge in [0, 0.05) is 44.2 Å².